The fraction of sp³-hybridized carbons (Fsp3) is 0.846. The number of likely N-dealkylation sites (N-methyl/N-ethyl adjacent to an activating group) is 1. The first-order valence-corrected chi connectivity index (χ1v) is 6.94. The molecule has 1 heterocycles. The zero-order valence-electron chi connectivity index (χ0n) is 12.1. The number of likely N-dealkylation sites (tertiary alicyclic amines) is 1. The number of urea groups is 1. The van der Waals surface area contributed by atoms with Crippen LogP contribution in [0.5, 0.6) is 0 Å². The third kappa shape index (κ3) is 4.70. The average molecular weight is 271 g/mol. The van der Waals surface area contributed by atoms with E-state index in [-0.39, 0.29) is 12.1 Å². The van der Waals surface area contributed by atoms with E-state index in [9.17, 15) is 9.59 Å². The van der Waals surface area contributed by atoms with Crippen LogP contribution >= 0.6 is 0 Å². The number of nitrogens with one attached hydrogen (secondary N) is 1. The van der Waals surface area contributed by atoms with Crippen molar-refractivity contribution in [3.8, 4) is 0 Å². The molecule has 0 bridgehead atoms. The van der Waals surface area contributed by atoms with Crippen LogP contribution < -0.4 is 5.32 Å². The summed E-state index contributed by atoms with van der Waals surface area (Å²) in [5.41, 5.74) is 0. The predicted octanol–water partition coefficient (Wildman–Crippen LogP) is 0.975. The van der Waals surface area contributed by atoms with Crippen LogP contribution in [-0.4, -0.2) is 65.7 Å². The first kappa shape index (κ1) is 15.8. The van der Waals surface area contributed by atoms with E-state index in [0.29, 0.717) is 6.42 Å². The van der Waals surface area contributed by atoms with Crippen LogP contribution in [0.2, 0.25) is 0 Å². The van der Waals surface area contributed by atoms with Crippen molar-refractivity contribution in [1.82, 2.24) is 15.1 Å². The number of carboxylic acids is 1. The van der Waals surface area contributed by atoms with Crippen LogP contribution in [0, 0.1) is 0 Å². The van der Waals surface area contributed by atoms with Crippen LogP contribution in [0.25, 0.3) is 0 Å². The Morgan fingerprint density at radius 2 is 1.95 bits per heavy atom. The van der Waals surface area contributed by atoms with Crippen LogP contribution in [0.4, 0.5) is 4.79 Å². The Morgan fingerprint density at radius 3 is 2.42 bits per heavy atom. The van der Waals surface area contributed by atoms with Gasteiger partial charge < -0.3 is 20.2 Å². The number of carbonyl (C=O) groups excluding carboxylic acids is 1. The van der Waals surface area contributed by atoms with Gasteiger partial charge in [-0.1, -0.05) is 6.92 Å². The molecule has 2 N–H and O–H groups in total. The molecule has 19 heavy (non-hydrogen) atoms. The Hall–Kier alpha value is -1.30. The van der Waals surface area contributed by atoms with E-state index in [0.717, 1.165) is 19.6 Å². The lowest BCUT2D eigenvalue weighted by atomic mass is 10.2. The summed E-state index contributed by atoms with van der Waals surface area (Å²) in [5.74, 6) is -0.965. The first-order valence-electron chi connectivity index (χ1n) is 6.94. The Morgan fingerprint density at radius 1 is 1.37 bits per heavy atom. The van der Waals surface area contributed by atoms with Gasteiger partial charge in [0, 0.05) is 19.6 Å². The van der Waals surface area contributed by atoms with E-state index in [1.165, 1.54) is 24.8 Å². The fourth-order valence-corrected chi connectivity index (χ4v) is 2.47. The lowest BCUT2D eigenvalue weighted by molar-refractivity contribution is -0.141. The minimum absolute atomic E-state index is 0.0272. The van der Waals surface area contributed by atoms with Gasteiger partial charge in [-0.05, 0) is 39.3 Å². The van der Waals surface area contributed by atoms with Gasteiger partial charge in [0.1, 0.15) is 6.04 Å². The summed E-state index contributed by atoms with van der Waals surface area (Å²) in [5, 5.41) is 11.9. The highest BCUT2D eigenvalue weighted by Crippen LogP contribution is 2.08. The zero-order valence-corrected chi connectivity index (χ0v) is 12.1. The van der Waals surface area contributed by atoms with Crippen LogP contribution in [0.1, 0.15) is 33.1 Å². The SMILES string of the molecule is CCC(C(=O)O)N(C)C(=O)NC(C)CN1CCCC1. The van der Waals surface area contributed by atoms with E-state index >= 15 is 0 Å². The molecule has 0 aromatic carbocycles. The average Bonchev–Trinajstić information content (AvgIpc) is 2.81. The second-order valence-corrected chi connectivity index (χ2v) is 5.23. The maximum atomic E-state index is 12.0. The van der Waals surface area contributed by atoms with Crippen molar-refractivity contribution < 1.29 is 14.7 Å². The van der Waals surface area contributed by atoms with Crippen molar-refractivity contribution in [3.05, 3.63) is 0 Å². The summed E-state index contributed by atoms with van der Waals surface area (Å²) in [7, 11) is 1.53. The molecule has 0 spiro atoms. The second kappa shape index (κ2) is 7.33. The standard InChI is InChI=1S/C13H25N3O3/c1-4-11(12(17)18)15(3)13(19)14-10(2)9-16-7-5-6-8-16/h10-11H,4-9H2,1-3H3,(H,14,19)(H,17,18). The molecule has 0 aromatic rings. The lowest BCUT2D eigenvalue weighted by Crippen LogP contribution is -2.51. The molecule has 1 aliphatic rings. The summed E-state index contributed by atoms with van der Waals surface area (Å²) < 4.78 is 0. The molecule has 1 rings (SSSR count). The van der Waals surface area contributed by atoms with Gasteiger partial charge in [0.25, 0.3) is 0 Å². The quantitative estimate of drug-likeness (QED) is 0.755. The molecule has 0 radical (unpaired) electrons. The molecule has 2 unspecified atom stereocenters. The van der Waals surface area contributed by atoms with Crippen molar-refractivity contribution in [2.45, 2.75) is 45.2 Å². The van der Waals surface area contributed by atoms with Gasteiger partial charge in [0.2, 0.25) is 0 Å². The summed E-state index contributed by atoms with van der Waals surface area (Å²) in [6.07, 6.45) is 2.84. The van der Waals surface area contributed by atoms with E-state index < -0.39 is 12.0 Å². The molecule has 0 aliphatic carbocycles. The minimum Gasteiger partial charge on any atom is -0.480 e. The molecule has 6 heteroatoms. The summed E-state index contributed by atoms with van der Waals surface area (Å²) in [4.78, 5) is 26.6. The molecule has 6 nitrogen and oxygen atoms in total. The number of carbonyl (C=O) groups is 2. The Kier molecular flexibility index (Phi) is 6.08. The number of rotatable bonds is 6. The molecular weight excluding hydrogens is 246 g/mol. The highest BCUT2D eigenvalue weighted by Gasteiger charge is 2.25. The van der Waals surface area contributed by atoms with E-state index in [1.807, 2.05) is 6.92 Å². The molecule has 0 aromatic heterocycles. The molecule has 1 saturated heterocycles. The van der Waals surface area contributed by atoms with Gasteiger partial charge in [-0.2, -0.15) is 0 Å². The molecule has 2 amide bonds. The van der Waals surface area contributed by atoms with Crippen LogP contribution in [-0.2, 0) is 4.79 Å². The van der Waals surface area contributed by atoms with Crippen molar-refractivity contribution in [2.75, 3.05) is 26.7 Å². The largest absolute Gasteiger partial charge is 0.480 e. The van der Waals surface area contributed by atoms with Crippen LogP contribution in [0.3, 0.4) is 0 Å². The maximum Gasteiger partial charge on any atom is 0.326 e. The Bertz CT molecular complexity index is 316. The third-order valence-corrected chi connectivity index (χ3v) is 3.56. The van der Waals surface area contributed by atoms with E-state index in [4.69, 9.17) is 5.11 Å². The van der Waals surface area contributed by atoms with E-state index in [1.54, 1.807) is 6.92 Å². The monoisotopic (exact) mass is 271 g/mol. The van der Waals surface area contributed by atoms with Crippen molar-refractivity contribution >= 4 is 12.0 Å². The molecule has 0 saturated carbocycles. The highest BCUT2D eigenvalue weighted by molar-refractivity contribution is 5.82. The minimum atomic E-state index is -0.965. The lowest BCUT2D eigenvalue weighted by Gasteiger charge is -2.27. The number of nitrogens with zero attached hydrogens (tertiary/aromatic N) is 2. The van der Waals surface area contributed by atoms with Gasteiger partial charge in [-0.25, -0.2) is 9.59 Å². The van der Waals surface area contributed by atoms with Gasteiger partial charge in [0.15, 0.2) is 0 Å². The number of amides is 2. The van der Waals surface area contributed by atoms with Gasteiger partial charge in [-0.3, -0.25) is 0 Å². The van der Waals surface area contributed by atoms with Crippen molar-refractivity contribution in [1.29, 1.82) is 0 Å². The number of hydrogen-bond donors (Lipinski definition) is 2. The number of aliphatic carboxylic acids is 1. The topological polar surface area (TPSA) is 72.9 Å². The zero-order chi connectivity index (χ0) is 14.4. The second-order valence-electron chi connectivity index (χ2n) is 5.23. The van der Waals surface area contributed by atoms with Gasteiger partial charge in [0.05, 0.1) is 0 Å². The van der Waals surface area contributed by atoms with E-state index in [2.05, 4.69) is 10.2 Å². The summed E-state index contributed by atoms with van der Waals surface area (Å²) in [6, 6.07) is -1.06. The van der Waals surface area contributed by atoms with Crippen molar-refractivity contribution in [2.24, 2.45) is 0 Å². The predicted molar refractivity (Wildman–Crippen MR) is 73.1 cm³/mol. The van der Waals surface area contributed by atoms with Crippen LogP contribution in [0.15, 0.2) is 0 Å². The summed E-state index contributed by atoms with van der Waals surface area (Å²) >= 11 is 0. The van der Waals surface area contributed by atoms with Gasteiger partial charge >= 0.3 is 12.0 Å². The molecule has 110 valence electrons. The normalized spacial score (nSPS) is 18.9. The number of hydrogen-bond acceptors (Lipinski definition) is 3. The third-order valence-electron chi connectivity index (χ3n) is 3.56. The molecule has 2 atom stereocenters. The Labute approximate surface area is 114 Å². The Balaban J connectivity index is 2.41. The molecule has 1 fully saturated rings. The molecule has 1 aliphatic heterocycles. The van der Waals surface area contributed by atoms with Gasteiger partial charge in [-0.15, -0.1) is 0 Å². The molecular formula is C13H25N3O3. The summed E-state index contributed by atoms with van der Waals surface area (Å²) in [6.45, 7) is 6.71. The smallest absolute Gasteiger partial charge is 0.326 e. The van der Waals surface area contributed by atoms with Crippen molar-refractivity contribution in [3.63, 3.8) is 0 Å². The maximum absolute atomic E-state index is 12.0. The first-order chi connectivity index (χ1) is 8.95. The number of carboxylic acid groups (broad SMARTS) is 1. The highest BCUT2D eigenvalue weighted by atomic mass is 16.4. The fourth-order valence-electron chi connectivity index (χ4n) is 2.47.